The minimum absolute atomic E-state index is 0.641. The van der Waals surface area contributed by atoms with E-state index in [9.17, 15) is 0 Å². The van der Waals surface area contributed by atoms with E-state index in [1.807, 2.05) is 34.7 Å². The summed E-state index contributed by atoms with van der Waals surface area (Å²) in [6, 6.07) is 11.1. The lowest BCUT2D eigenvalue weighted by Crippen LogP contribution is -1.91. The van der Waals surface area contributed by atoms with Gasteiger partial charge < -0.3 is 5.73 Å². The minimum Gasteiger partial charge on any atom is -0.399 e. The number of rotatable bonds is 1. The first-order valence-corrected chi connectivity index (χ1v) is 5.48. The Morgan fingerprint density at radius 3 is 2.82 bits per heavy atom. The lowest BCUT2D eigenvalue weighted by molar-refractivity contribution is 1.11. The number of hydrogen-bond donors (Lipinski definition) is 1. The Bertz CT molecular complexity index is 690. The third-order valence-electron chi connectivity index (χ3n) is 2.51. The summed E-state index contributed by atoms with van der Waals surface area (Å²) in [7, 11) is 0. The van der Waals surface area contributed by atoms with Crippen LogP contribution in [0.15, 0.2) is 42.6 Å². The third kappa shape index (κ3) is 1.72. The zero-order valence-corrected chi connectivity index (χ0v) is 9.59. The number of aromatic nitrogens is 3. The maximum atomic E-state index is 5.97. The molecule has 2 N–H and O–H groups in total. The van der Waals surface area contributed by atoms with Gasteiger partial charge in [-0.25, -0.2) is 0 Å². The quantitative estimate of drug-likeness (QED) is 0.670. The first-order chi connectivity index (χ1) is 8.24. The Labute approximate surface area is 103 Å². The molecule has 1 aromatic carbocycles. The van der Waals surface area contributed by atoms with E-state index in [4.69, 9.17) is 17.3 Å². The Balaban J connectivity index is 2.27. The van der Waals surface area contributed by atoms with Crippen molar-refractivity contribution in [2.24, 2.45) is 0 Å². The van der Waals surface area contributed by atoms with Gasteiger partial charge in [0, 0.05) is 17.4 Å². The van der Waals surface area contributed by atoms with Crippen LogP contribution in [0.4, 0.5) is 5.69 Å². The van der Waals surface area contributed by atoms with E-state index >= 15 is 0 Å². The molecule has 0 atom stereocenters. The SMILES string of the molecule is Nc1cccc(-c2nnc3ccc(Cl)cn23)c1. The van der Waals surface area contributed by atoms with Crippen LogP contribution in [0.3, 0.4) is 0 Å². The second kappa shape index (κ2) is 3.75. The smallest absolute Gasteiger partial charge is 0.168 e. The monoisotopic (exact) mass is 244 g/mol. The van der Waals surface area contributed by atoms with Gasteiger partial charge in [-0.05, 0) is 24.3 Å². The average Bonchev–Trinajstić information content (AvgIpc) is 2.71. The zero-order valence-electron chi connectivity index (χ0n) is 8.84. The van der Waals surface area contributed by atoms with Crippen LogP contribution in [0.5, 0.6) is 0 Å². The number of halogens is 1. The van der Waals surface area contributed by atoms with Gasteiger partial charge in [-0.15, -0.1) is 10.2 Å². The highest BCUT2D eigenvalue weighted by molar-refractivity contribution is 6.30. The molecule has 2 aromatic heterocycles. The fraction of sp³-hybridized carbons (Fsp3) is 0. The molecule has 4 nitrogen and oxygen atoms in total. The van der Waals surface area contributed by atoms with Gasteiger partial charge in [-0.3, -0.25) is 4.40 Å². The zero-order chi connectivity index (χ0) is 11.8. The molecule has 0 saturated heterocycles. The molecular formula is C12H9ClN4. The molecule has 0 bridgehead atoms. The van der Waals surface area contributed by atoms with Gasteiger partial charge >= 0.3 is 0 Å². The topological polar surface area (TPSA) is 56.2 Å². The van der Waals surface area contributed by atoms with Gasteiger partial charge in [0.2, 0.25) is 0 Å². The molecule has 3 rings (SSSR count). The van der Waals surface area contributed by atoms with E-state index in [-0.39, 0.29) is 0 Å². The summed E-state index contributed by atoms with van der Waals surface area (Å²) in [5.41, 5.74) is 8.12. The molecule has 84 valence electrons. The van der Waals surface area contributed by atoms with Crippen molar-refractivity contribution in [1.82, 2.24) is 14.6 Å². The predicted octanol–water partition coefficient (Wildman–Crippen LogP) is 2.63. The van der Waals surface area contributed by atoms with Crippen molar-refractivity contribution < 1.29 is 0 Å². The lowest BCUT2D eigenvalue weighted by Gasteiger charge is -2.01. The number of nitrogens with zero attached hydrogens (tertiary/aromatic N) is 3. The third-order valence-corrected chi connectivity index (χ3v) is 2.73. The van der Waals surface area contributed by atoms with E-state index < -0.39 is 0 Å². The Morgan fingerprint density at radius 1 is 1.12 bits per heavy atom. The van der Waals surface area contributed by atoms with Crippen LogP contribution < -0.4 is 5.73 Å². The van der Waals surface area contributed by atoms with Crippen LogP contribution in [0, 0.1) is 0 Å². The normalized spacial score (nSPS) is 10.9. The van der Waals surface area contributed by atoms with Crippen LogP contribution in [0.25, 0.3) is 17.0 Å². The number of pyridine rings is 1. The molecule has 0 amide bonds. The van der Waals surface area contributed by atoms with Crippen LogP contribution in [-0.4, -0.2) is 14.6 Å². The molecule has 0 aliphatic rings. The molecule has 0 aliphatic heterocycles. The van der Waals surface area contributed by atoms with Gasteiger partial charge in [0.25, 0.3) is 0 Å². The van der Waals surface area contributed by atoms with Crippen LogP contribution in [0.2, 0.25) is 5.02 Å². The van der Waals surface area contributed by atoms with Crippen LogP contribution >= 0.6 is 11.6 Å². The standard InChI is InChI=1S/C12H9ClN4/c13-9-4-5-11-15-16-12(17(11)7-9)8-2-1-3-10(14)6-8/h1-7H,14H2. The summed E-state index contributed by atoms with van der Waals surface area (Å²) in [4.78, 5) is 0. The Hall–Kier alpha value is -2.07. The van der Waals surface area contributed by atoms with E-state index in [1.54, 1.807) is 12.3 Å². The number of nitrogen functional groups attached to an aromatic ring is 1. The van der Waals surface area contributed by atoms with Crippen LogP contribution in [0.1, 0.15) is 0 Å². The number of anilines is 1. The van der Waals surface area contributed by atoms with Gasteiger partial charge in [-0.1, -0.05) is 23.7 Å². The van der Waals surface area contributed by atoms with E-state index in [2.05, 4.69) is 10.2 Å². The summed E-state index contributed by atoms with van der Waals surface area (Å²) in [5.74, 6) is 0.731. The largest absolute Gasteiger partial charge is 0.399 e. The van der Waals surface area contributed by atoms with Crippen molar-refractivity contribution in [3.05, 3.63) is 47.6 Å². The maximum Gasteiger partial charge on any atom is 0.168 e. The summed E-state index contributed by atoms with van der Waals surface area (Å²) in [5, 5.41) is 8.87. The first kappa shape index (κ1) is 10.1. The highest BCUT2D eigenvalue weighted by Crippen LogP contribution is 2.21. The lowest BCUT2D eigenvalue weighted by atomic mass is 10.2. The van der Waals surface area contributed by atoms with Gasteiger partial charge in [0.05, 0.1) is 5.02 Å². The number of nitrogens with two attached hydrogens (primary N) is 1. The summed E-state index contributed by atoms with van der Waals surface area (Å²) < 4.78 is 1.84. The molecule has 0 unspecified atom stereocenters. The second-order valence-corrected chi connectivity index (χ2v) is 4.16. The highest BCUT2D eigenvalue weighted by atomic mass is 35.5. The van der Waals surface area contributed by atoms with E-state index in [0.29, 0.717) is 10.7 Å². The highest BCUT2D eigenvalue weighted by Gasteiger charge is 2.08. The van der Waals surface area contributed by atoms with Gasteiger partial charge in [0.1, 0.15) is 0 Å². The maximum absolute atomic E-state index is 5.97. The van der Waals surface area contributed by atoms with E-state index in [0.717, 1.165) is 17.0 Å². The molecular weight excluding hydrogens is 236 g/mol. The number of fused-ring (bicyclic) bond motifs is 1. The molecule has 17 heavy (non-hydrogen) atoms. The van der Waals surface area contributed by atoms with Gasteiger partial charge in [0.15, 0.2) is 11.5 Å². The van der Waals surface area contributed by atoms with Crippen molar-refractivity contribution >= 4 is 22.9 Å². The molecule has 0 aliphatic carbocycles. The predicted molar refractivity (Wildman–Crippen MR) is 67.8 cm³/mol. The molecule has 0 fully saturated rings. The number of benzene rings is 1. The summed E-state index contributed by atoms with van der Waals surface area (Å²) >= 11 is 5.97. The van der Waals surface area contributed by atoms with Crippen molar-refractivity contribution in [2.75, 3.05) is 5.73 Å². The van der Waals surface area contributed by atoms with Crippen molar-refractivity contribution in [3.8, 4) is 11.4 Å². The van der Waals surface area contributed by atoms with Crippen molar-refractivity contribution in [1.29, 1.82) is 0 Å². The Morgan fingerprint density at radius 2 is 2.00 bits per heavy atom. The summed E-state index contributed by atoms with van der Waals surface area (Å²) in [6.07, 6.45) is 1.79. The molecule has 3 aromatic rings. The summed E-state index contributed by atoms with van der Waals surface area (Å²) in [6.45, 7) is 0. The molecule has 5 heteroatoms. The van der Waals surface area contributed by atoms with Crippen LogP contribution in [-0.2, 0) is 0 Å². The fourth-order valence-corrected chi connectivity index (χ4v) is 1.90. The average molecular weight is 245 g/mol. The number of hydrogen-bond acceptors (Lipinski definition) is 3. The van der Waals surface area contributed by atoms with Crippen molar-refractivity contribution in [3.63, 3.8) is 0 Å². The minimum atomic E-state index is 0.641. The fourth-order valence-electron chi connectivity index (χ4n) is 1.74. The van der Waals surface area contributed by atoms with Crippen molar-refractivity contribution in [2.45, 2.75) is 0 Å². The second-order valence-electron chi connectivity index (χ2n) is 3.72. The first-order valence-electron chi connectivity index (χ1n) is 5.10. The molecule has 0 spiro atoms. The van der Waals surface area contributed by atoms with E-state index in [1.165, 1.54) is 0 Å². The Kier molecular flexibility index (Phi) is 2.23. The van der Waals surface area contributed by atoms with Gasteiger partial charge in [-0.2, -0.15) is 0 Å². The molecule has 0 radical (unpaired) electrons. The molecule has 0 saturated carbocycles. The molecule has 2 heterocycles.